The molecule has 0 aromatic heterocycles. The van der Waals surface area contributed by atoms with Crippen LogP contribution in [0.4, 0.5) is 0 Å². The Labute approximate surface area is 188 Å². The molecule has 0 bridgehead atoms. The fourth-order valence-electron chi connectivity index (χ4n) is 6.64. The molecule has 0 N–H and O–H groups in total. The lowest BCUT2D eigenvalue weighted by molar-refractivity contribution is 0.0122. The van der Waals surface area contributed by atoms with Crippen molar-refractivity contribution in [1.82, 2.24) is 0 Å². The largest absolute Gasteiger partial charge is 0.0956 e. The Bertz CT molecular complexity index is 687. The molecule has 5 unspecified atom stereocenters. The lowest BCUT2D eigenvalue weighted by Gasteiger charge is -2.53. The highest BCUT2D eigenvalue weighted by Crippen LogP contribution is 2.57. The van der Waals surface area contributed by atoms with Crippen LogP contribution in [0.25, 0.3) is 0 Å². The van der Waals surface area contributed by atoms with Crippen molar-refractivity contribution in [3.05, 3.63) is 47.6 Å². The van der Waals surface area contributed by atoms with E-state index in [4.69, 9.17) is 0 Å². The van der Waals surface area contributed by atoms with Gasteiger partial charge in [0.05, 0.1) is 0 Å². The Hall–Kier alpha value is -1.04. The maximum Gasteiger partial charge on any atom is -0.0143 e. The van der Waals surface area contributed by atoms with Crippen LogP contribution in [0, 0.1) is 40.9 Å². The fourth-order valence-corrected chi connectivity index (χ4v) is 6.64. The molecular formula is C30H48. The third kappa shape index (κ3) is 5.23. The van der Waals surface area contributed by atoms with Crippen molar-refractivity contribution < 1.29 is 0 Å². The van der Waals surface area contributed by atoms with Gasteiger partial charge in [-0.3, -0.25) is 0 Å². The van der Waals surface area contributed by atoms with Gasteiger partial charge in [0.25, 0.3) is 0 Å². The zero-order valence-electron chi connectivity index (χ0n) is 20.8. The van der Waals surface area contributed by atoms with Crippen LogP contribution in [0.3, 0.4) is 0 Å². The van der Waals surface area contributed by atoms with E-state index in [0.717, 1.165) is 23.7 Å². The lowest BCUT2D eigenvalue weighted by atomic mass is 9.51. The van der Waals surface area contributed by atoms with E-state index in [2.05, 4.69) is 72.4 Å². The van der Waals surface area contributed by atoms with Gasteiger partial charge in [0, 0.05) is 0 Å². The Morgan fingerprint density at radius 1 is 0.967 bits per heavy atom. The van der Waals surface area contributed by atoms with E-state index in [1.165, 1.54) is 68.9 Å². The van der Waals surface area contributed by atoms with Crippen LogP contribution in [0.2, 0.25) is 0 Å². The van der Waals surface area contributed by atoms with E-state index < -0.39 is 0 Å². The standard InChI is InChI=1S/C30H48/c1-21(2)23(4)15-16-25(6)28-11-8-12-29-26(10-9-19-30(28,29)7)17-18-27-20-22(3)13-14-24(27)5/h15-18,21-23,25,28-29H,5,8-14,19-20H2,1-4,6-7H3/b16-15+,26-17+,27-18-/t22?,23?,25?,28?,29?,30-/m1/s1. The van der Waals surface area contributed by atoms with E-state index in [1.807, 2.05) is 0 Å². The molecule has 3 rings (SSSR count). The van der Waals surface area contributed by atoms with Crippen LogP contribution in [-0.4, -0.2) is 0 Å². The predicted molar refractivity (Wildman–Crippen MR) is 133 cm³/mol. The topological polar surface area (TPSA) is 0 Å². The summed E-state index contributed by atoms with van der Waals surface area (Å²) in [6.07, 6.45) is 22.1. The summed E-state index contributed by atoms with van der Waals surface area (Å²) in [7, 11) is 0. The highest BCUT2D eigenvalue weighted by Gasteiger charge is 2.47. The first-order chi connectivity index (χ1) is 14.2. The first-order valence-corrected chi connectivity index (χ1v) is 13.0. The molecule has 0 spiro atoms. The summed E-state index contributed by atoms with van der Waals surface area (Å²) in [4.78, 5) is 0. The maximum atomic E-state index is 4.37. The summed E-state index contributed by atoms with van der Waals surface area (Å²) in [5.41, 5.74) is 5.14. The number of hydrogen-bond acceptors (Lipinski definition) is 0. The molecule has 168 valence electrons. The fraction of sp³-hybridized carbons (Fsp3) is 0.733. The third-order valence-corrected chi connectivity index (χ3v) is 9.14. The van der Waals surface area contributed by atoms with Gasteiger partial charge in [-0.1, -0.05) is 90.0 Å². The predicted octanol–water partition coefficient (Wildman–Crippen LogP) is 9.31. The average molecular weight is 409 g/mol. The molecule has 3 aliphatic rings. The summed E-state index contributed by atoms with van der Waals surface area (Å²) in [5.74, 6) is 4.53. The SMILES string of the molecule is C=C1CCC(C)C/C1=C/C=C1\CCC[C@@]2(C)C1CCCC2C(C)/C=C/C(C)C(C)C. The summed E-state index contributed by atoms with van der Waals surface area (Å²) in [6.45, 7) is 18.9. The number of hydrogen-bond donors (Lipinski definition) is 0. The van der Waals surface area contributed by atoms with Gasteiger partial charge in [-0.25, -0.2) is 0 Å². The first-order valence-electron chi connectivity index (χ1n) is 13.0. The minimum absolute atomic E-state index is 0.475. The van der Waals surface area contributed by atoms with Crippen molar-refractivity contribution >= 4 is 0 Å². The van der Waals surface area contributed by atoms with E-state index >= 15 is 0 Å². The maximum absolute atomic E-state index is 4.37. The van der Waals surface area contributed by atoms with Crippen molar-refractivity contribution in [3.63, 3.8) is 0 Å². The van der Waals surface area contributed by atoms with Gasteiger partial charge >= 0.3 is 0 Å². The van der Waals surface area contributed by atoms with E-state index in [-0.39, 0.29) is 0 Å². The van der Waals surface area contributed by atoms with Crippen molar-refractivity contribution in [2.75, 3.05) is 0 Å². The Morgan fingerprint density at radius 2 is 1.73 bits per heavy atom. The molecule has 0 aromatic rings. The summed E-state index contributed by atoms with van der Waals surface area (Å²) in [5, 5.41) is 0. The second kappa shape index (κ2) is 10.1. The summed E-state index contributed by atoms with van der Waals surface area (Å²) >= 11 is 0. The summed E-state index contributed by atoms with van der Waals surface area (Å²) < 4.78 is 0. The van der Waals surface area contributed by atoms with Crippen LogP contribution in [0.5, 0.6) is 0 Å². The first kappa shape index (κ1) is 23.6. The van der Waals surface area contributed by atoms with Gasteiger partial charge in [0.2, 0.25) is 0 Å². The normalized spacial score (nSPS) is 37.7. The third-order valence-electron chi connectivity index (χ3n) is 9.14. The molecule has 0 heterocycles. The number of fused-ring (bicyclic) bond motifs is 1. The molecule has 0 heteroatoms. The molecule has 0 amide bonds. The molecule has 3 aliphatic carbocycles. The van der Waals surface area contributed by atoms with Gasteiger partial charge < -0.3 is 0 Å². The smallest absolute Gasteiger partial charge is 0.0143 e. The van der Waals surface area contributed by atoms with Crippen LogP contribution in [0.15, 0.2) is 47.6 Å². The highest BCUT2D eigenvalue weighted by atomic mass is 14.5. The lowest BCUT2D eigenvalue weighted by Crippen LogP contribution is -2.44. The van der Waals surface area contributed by atoms with E-state index in [1.54, 1.807) is 5.57 Å². The second-order valence-corrected chi connectivity index (χ2v) is 11.7. The van der Waals surface area contributed by atoms with Gasteiger partial charge in [0.1, 0.15) is 0 Å². The van der Waals surface area contributed by atoms with Crippen molar-refractivity contribution in [3.8, 4) is 0 Å². The minimum Gasteiger partial charge on any atom is -0.0956 e. The van der Waals surface area contributed by atoms with Gasteiger partial charge in [-0.15, -0.1) is 0 Å². The zero-order chi connectivity index (χ0) is 21.9. The minimum atomic E-state index is 0.475. The van der Waals surface area contributed by atoms with Gasteiger partial charge in [-0.05, 0) is 97.9 Å². The number of allylic oxidation sites excluding steroid dienone is 7. The monoisotopic (exact) mass is 408 g/mol. The molecular weight excluding hydrogens is 360 g/mol. The van der Waals surface area contributed by atoms with Crippen molar-refractivity contribution in [2.24, 2.45) is 40.9 Å². The van der Waals surface area contributed by atoms with Gasteiger partial charge in [-0.2, -0.15) is 0 Å². The zero-order valence-corrected chi connectivity index (χ0v) is 20.8. The Kier molecular flexibility index (Phi) is 7.92. The molecule has 0 aromatic carbocycles. The van der Waals surface area contributed by atoms with Crippen LogP contribution in [-0.2, 0) is 0 Å². The molecule has 6 atom stereocenters. The Morgan fingerprint density at radius 3 is 2.47 bits per heavy atom. The molecule has 0 aliphatic heterocycles. The average Bonchev–Trinajstić information content (AvgIpc) is 2.71. The van der Waals surface area contributed by atoms with E-state index in [0.29, 0.717) is 17.3 Å². The Balaban J connectivity index is 1.79. The molecule has 3 saturated carbocycles. The summed E-state index contributed by atoms with van der Waals surface area (Å²) in [6, 6.07) is 0. The molecule has 0 saturated heterocycles. The molecule has 30 heavy (non-hydrogen) atoms. The molecule has 3 fully saturated rings. The van der Waals surface area contributed by atoms with Crippen LogP contribution < -0.4 is 0 Å². The quantitative estimate of drug-likeness (QED) is 0.397. The number of rotatable bonds is 5. The molecule has 0 radical (unpaired) electrons. The van der Waals surface area contributed by atoms with Crippen molar-refractivity contribution in [1.29, 1.82) is 0 Å². The van der Waals surface area contributed by atoms with Gasteiger partial charge in [0.15, 0.2) is 0 Å². The van der Waals surface area contributed by atoms with Crippen molar-refractivity contribution in [2.45, 2.75) is 99.3 Å². The highest BCUT2D eigenvalue weighted by molar-refractivity contribution is 5.35. The second-order valence-electron chi connectivity index (χ2n) is 11.7. The molecule has 0 nitrogen and oxygen atoms in total. The van der Waals surface area contributed by atoms with Crippen LogP contribution in [0.1, 0.15) is 99.3 Å². The van der Waals surface area contributed by atoms with Crippen LogP contribution >= 0.6 is 0 Å². The van der Waals surface area contributed by atoms with E-state index in [9.17, 15) is 0 Å².